The number of aromatic amines is 1. The molecular weight excluding hydrogens is 446 g/mol. The van der Waals surface area contributed by atoms with Crippen LogP contribution in [0, 0.1) is 5.92 Å². The highest BCUT2D eigenvalue weighted by atomic mass is 16.4. The minimum atomic E-state index is -1.20. The predicted octanol–water partition coefficient (Wildman–Crippen LogP) is 0.880. The van der Waals surface area contributed by atoms with Crippen molar-refractivity contribution < 1.29 is 29.4 Å². The van der Waals surface area contributed by atoms with Crippen molar-refractivity contribution in [1.82, 2.24) is 9.97 Å². The number of amides is 1. The molecule has 2 atom stereocenters. The molecule has 0 saturated carbocycles. The number of Topliss-reactive ketones (excluding diaryl/α,β-unsaturated/α-hetero) is 1. The fourth-order valence-electron chi connectivity index (χ4n) is 3.87. The number of nitrogens with two attached hydrogens (primary N) is 1. The first kappa shape index (κ1) is 24.4. The Morgan fingerprint density at radius 3 is 2.56 bits per heavy atom. The lowest BCUT2D eigenvalue weighted by molar-refractivity contribution is -0.142. The fraction of sp³-hybridized carbons (Fsp3) is 0.364. The molecule has 1 amide bonds. The van der Waals surface area contributed by atoms with Gasteiger partial charge in [-0.25, -0.2) is 0 Å². The number of carboxylic acid groups (broad SMARTS) is 2. The van der Waals surface area contributed by atoms with Crippen LogP contribution in [-0.4, -0.2) is 56.9 Å². The minimum Gasteiger partial charge on any atom is -0.481 e. The molecule has 0 bridgehead atoms. The molecule has 180 valence electrons. The van der Waals surface area contributed by atoms with E-state index in [1.54, 1.807) is 24.3 Å². The van der Waals surface area contributed by atoms with Gasteiger partial charge in [0.15, 0.2) is 17.3 Å². The number of rotatable bonds is 11. The van der Waals surface area contributed by atoms with Crippen LogP contribution >= 0.6 is 0 Å². The lowest BCUT2D eigenvalue weighted by atomic mass is 9.93. The van der Waals surface area contributed by atoms with Gasteiger partial charge in [0.1, 0.15) is 0 Å². The molecule has 12 heteroatoms. The molecule has 0 saturated heterocycles. The first-order valence-corrected chi connectivity index (χ1v) is 10.6. The monoisotopic (exact) mass is 471 g/mol. The number of aliphatic carboxylic acids is 2. The van der Waals surface area contributed by atoms with Gasteiger partial charge >= 0.3 is 11.9 Å². The molecule has 2 aromatic rings. The Balaban J connectivity index is 1.62. The quantitative estimate of drug-likeness (QED) is 0.232. The molecule has 3 rings (SSSR count). The molecule has 1 aliphatic heterocycles. The van der Waals surface area contributed by atoms with E-state index in [2.05, 4.69) is 15.3 Å². The van der Waals surface area contributed by atoms with Crippen molar-refractivity contribution in [3.63, 3.8) is 0 Å². The maximum atomic E-state index is 12.5. The van der Waals surface area contributed by atoms with E-state index in [1.807, 2.05) is 0 Å². The topological polar surface area (TPSA) is 196 Å². The average Bonchev–Trinajstić information content (AvgIpc) is 2.79. The molecule has 1 aliphatic rings. The van der Waals surface area contributed by atoms with Crippen LogP contribution in [0.5, 0.6) is 0 Å². The molecule has 1 aromatic heterocycles. The van der Waals surface area contributed by atoms with Gasteiger partial charge in [-0.2, -0.15) is 4.98 Å². The normalized spacial score (nSPS) is 15.6. The maximum absolute atomic E-state index is 12.5. The molecule has 0 aliphatic carbocycles. The van der Waals surface area contributed by atoms with E-state index < -0.39 is 23.4 Å². The van der Waals surface area contributed by atoms with Crippen LogP contribution in [0.15, 0.2) is 29.1 Å². The highest BCUT2D eigenvalue weighted by molar-refractivity contribution is 5.98. The molecule has 2 unspecified atom stereocenters. The number of hydrogen-bond acceptors (Lipinski definition) is 8. The van der Waals surface area contributed by atoms with Gasteiger partial charge in [-0.15, -0.1) is 0 Å². The van der Waals surface area contributed by atoms with Gasteiger partial charge < -0.3 is 26.2 Å². The zero-order chi connectivity index (χ0) is 24.8. The van der Waals surface area contributed by atoms with Gasteiger partial charge in [-0.3, -0.25) is 29.0 Å². The third-order valence-corrected chi connectivity index (χ3v) is 5.71. The fourth-order valence-corrected chi connectivity index (χ4v) is 3.87. The van der Waals surface area contributed by atoms with Crippen LogP contribution < -0.4 is 21.5 Å². The number of benzene rings is 1. The summed E-state index contributed by atoms with van der Waals surface area (Å²) in [6.45, 7) is 0.380. The van der Waals surface area contributed by atoms with Crippen LogP contribution in [0.2, 0.25) is 0 Å². The van der Waals surface area contributed by atoms with E-state index in [4.69, 9.17) is 10.8 Å². The van der Waals surface area contributed by atoms with E-state index in [-0.39, 0.29) is 48.5 Å². The first-order valence-electron chi connectivity index (χ1n) is 10.6. The molecular formula is C22H25N5O7. The highest BCUT2D eigenvalue weighted by Crippen LogP contribution is 2.27. The Morgan fingerprint density at radius 1 is 1.24 bits per heavy atom. The first-order chi connectivity index (χ1) is 16.2. The molecule has 0 fully saturated rings. The SMILES string of the molecule is Nc1nc2c(c(=O)[nH]1)N(C=O)C(CCc1ccc(C(=O)CC(CCC(=O)O)C(=O)O)cc1)CN2. The molecule has 1 aromatic carbocycles. The number of H-pyrrole nitrogens is 1. The van der Waals surface area contributed by atoms with Crippen LogP contribution in [0.25, 0.3) is 0 Å². The summed E-state index contributed by atoms with van der Waals surface area (Å²) < 4.78 is 0. The summed E-state index contributed by atoms with van der Waals surface area (Å²) in [7, 11) is 0. The third kappa shape index (κ3) is 5.77. The number of carbonyl (C=O) groups is 4. The Kier molecular flexibility index (Phi) is 7.61. The average molecular weight is 471 g/mol. The number of ketones is 1. The van der Waals surface area contributed by atoms with Crippen molar-refractivity contribution in [2.75, 3.05) is 22.5 Å². The smallest absolute Gasteiger partial charge is 0.306 e. The van der Waals surface area contributed by atoms with Crippen molar-refractivity contribution in [3.8, 4) is 0 Å². The number of nitrogens with one attached hydrogen (secondary N) is 2. The number of hydrogen-bond donors (Lipinski definition) is 5. The molecule has 0 radical (unpaired) electrons. The summed E-state index contributed by atoms with van der Waals surface area (Å²) in [4.78, 5) is 66.2. The van der Waals surface area contributed by atoms with E-state index in [0.717, 1.165) is 5.56 Å². The summed E-state index contributed by atoms with van der Waals surface area (Å²) in [5, 5.41) is 21.0. The Labute approximate surface area is 193 Å². The summed E-state index contributed by atoms with van der Waals surface area (Å²) in [6, 6.07) is 6.37. The number of fused-ring (bicyclic) bond motifs is 1. The summed E-state index contributed by atoms with van der Waals surface area (Å²) >= 11 is 0. The summed E-state index contributed by atoms with van der Waals surface area (Å²) in [6.07, 6.45) is 0.941. The lowest BCUT2D eigenvalue weighted by Gasteiger charge is -2.33. The van der Waals surface area contributed by atoms with E-state index >= 15 is 0 Å². The Morgan fingerprint density at radius 2 is 1.94 bits per heavy atom. The molecule has 2 heterocycles. The molecule has 34 heavy (non-hydrogen) atoms. The van der Waals surface area contributed by atoms with E-state index in [1.165, 1.54) is 4.90 Å². The van der Waals surface area contributed by atoms with Gasteiger partial charge in [0, 0.05) is 24.9 Å². The van der Waals surface area contributed by atoms with Gasteiger partial charge in [0.25, 0.3) is 5.56 Å². The number of carbonyl (C=O) groups excluding carboxylic acids is 2. The second-order valence-corrected chi connectivity index (χ2v) is 8.03. The van der Waals surface area contributed by atoms with Crippen molar-refractivity contribution >= 4 is 41.6 Å². The second kappa shape index (κ2) is 10.6. The summed E-state index contributed by atoms with van der Waals surface area (Å²) in [5.41, 5.74) is 6.37. The van der Waals surface area contributed by atoms with E-state index in [9.17, 15) is 29.1 Å². The largest absolute Gasteiger partial charge is 0.481 e. The van der Waals surface area contributed by atoms with Gasteiger partial charge in [-0.1, -0.05) is 24.3 Å². The van der Waals surface area contributed by atoms with Gasteiger partial charge in [0.2, 0.25) is 12.4 Å². The van der Waals surface area contributed by atoms with Crippen molar-refractivity contribution in [1.29, 1.82) is 0 Å². The zero-order valence-electron chi connectivity index (χ0n) is 18.2. The van der Waals surface area contributed by atoms with Gasteiger partial charge in [-0.05, 0) is 24.8 Å². The number of aromatic nitrogens is 2. The molecule has 0 spiro atoms. The van der Waals surface area contributed by atoms with Crippen LogP contribution in [0.4, 0.5) is 17.5 Å². The minimum absolute atomic E-state index is 0.0493. The number of aryl methyl sites for hydroxylation is 1. The molecule has 6 N–H and O–H groups in total. The number of carboxylic acids is 2. The predicted molar refractivity (Wildman–Crippen MR) is 122 cm³/mol. The maximum Gasteiger partial charge on any atom is 0.306 e. The third-order valence-electron chi connectivity index (χ3n) is 5.71. The van der Waals surface area contributed by atoms with Crippen LogP contribution in [0.1, 0.15) is 41.6 Å². The number of nitrogen functional groups attached to an aromatic ring is 1. The van der Waals surface area contributed by atoms with Crippen molar-refractivity contribution in [2.45, 2.75) is 38.1 Å². The Hall–Kier alpha value is -4.22. The number of anilines is 3. The molecule has 12 nitrogen and oxygen atoms in total. The van der Waals surface area contributed by atoms with Crippen LogP contribution in [0.3, 0.4) is 0 Å². The van der Waals surface area contributed by atoms with Gasteiger partial charge in [0.05, 0.1) is 12.0 Å². The highest BCUT2D eigenvalue weighted by Gasteiger charge is 2.29. The Bertz CT molecular complexity index is 1150. The number of nitrogens with zero attached hydrogens (tertiary/aromatic N) is 2. The standard InChI is InChI=1S/C22H25N5O7/c23-22-25-19-18(20(32)26-22)27(11-28)15(10-24-19)7-3-12-1-4-13(5-2-12)16(29)9-14(21(33)34)6-8-17(30)31/h1-2,4-5,11,14-15H,3,6-10H2,(H,30,31)(H,33,34)(H4,23,24,25,26,32). The van der Waals surface area contributed by atoms with Crippen molar-refractivity contribution in [3.05, 3.63) is 45.7 Å². The lowest BCUT2D eigenvalue weighted by Crippen LogP contribution is -2.46. The summed E-state index contributed by atoms with van der Waals surface area (Å²) in [5.74, 6) is -3.56. The van der Waals surface area contributed by atoms with E-state index in [0.29, 0.717) is 31.4 Å². The van der Waals surface area contributed by atoms with Crippen LogP contribution in [-0.2, 0) is 20.8 Å². The zero-order valence-corrected chi connectivity index (χ0v) is 18.2. The second-order valence-electron chi connectivity index (χ2n) is 8.03. The van der Waals surface area contributed by atoms with Crippen molar-refractivity contribution in [2.24, 2.45) is 5.92 Å².